The van der Waals surface area contributed by atoms with Crippen molar-refractivity contribution in [2.45, 2.75) is 6.92 Å². The third-order valence-electron chi connectivity index (χ3n) is 7.55. The molecular formula is C38H34N4. The molecule has 42 heavy (non-hydrogen) atoms. The van der Waals surface area contributed by atoms with Gasteiger partial charge in [-0.1, -0.05) is 54.6 Å². The molecule has 4 aromatic rings. The molecule has 0 aliphatic carbocycles. The number of dihydropyridines is 2. The molecule has 0 bridgehead atoms. The molecule has 4 N–H and O–H groups in total. The maximum Gasteiger partial charge on any atom is 0.0346 e. The SMILES string of the molecule is C/C(=C\C=C/N)c1cc(C2=CNCC=C2)cc(-c2cccc(-c3cc(C4=CNCC=C4)cc(-c4cccnc4)c3)c2)c1. The molecule has 0 amide bonds. The Morgan fingerprint density at radius 3 is 1.83 bits per heavy atom. The number of nitrogens with two attached hydrogens (primary N) is 1. The average molecular weight is 547 g/mol. The molecule has 0 atom stereocenters. The van der Waals surface area contributed by atoms with Gasteiger partial charge in [0.05, 0.1) is 0 Å². The normalized spacial score (nSPS) is 14.7. The Labute approximate surface area is 248 Å². The quantitative estimate of drug-likeness (QED) is 0.206. The molecule has 0 radical (unpaired) electrons. The second kappa shape index (κ2) is 12.4. The number of nitrogens with zero attached hydrogens (tertiary/aromatic N) is 1. The monoisotopic (exact) mass is 546 g/mol. The van der Waals surface area contributed by atoms with Crippen LogP contribution in [-0.4, -0.2) is 18.1 Å². The molecule has 4 heteroatoms. The summed E-state index contributed by atoms with van der Waals surface area (Å²) in [5, 5.41) is 6.70. The fourth-order valence-corrected chi connectivity index (χ4v) is 5.33. The van der Waals surface area contributed by atoms with E-state index in [0.29, 0.717) is 0 Å². The highest BCUT2D eigenvalue weighted by atomic mass is 14.8. The van der Waals surface area contributed by atoms with Gasteiger partial charge in [-0.3, -0.25) is 4.98 Å². The summed E-state index contributed by atoms with van der Waals surface area (Å²) in [6.07, 6.45) is 22.1. The number of allylic oxidation sites excluding steroid dienone is 7. The first-order valence-electron chi connectivity index (χ1n) is 14.3. The summed E-state index contributed by atoms with van der Waals surface area (Å²) in [5.74, 6) is 0. The maximum absolute atomic E-state index is 5.63. The van der Waals surface area contributed by atoms with Gasteiger partial charge in [-0.2, -0.15) is 0 Å². The van der Waals surface area contributed by atoms with Crippen molar-refractivity contribution >= 4 is 16.7 Å². The lowest BCUT2D eigenvalue weighted by Crippen LogP contribution is -2.08. The van der Waals surface area contributed by atoms with E-state index in [1.165, 1.54) is 22.3 Å². The van der Waals surface area contributed by atoms with E-state index in [0.717, 1.165) is 57.6 Å². The molecule has 1 aromatic heterocycles. The zero-order valence-corrected chi connectivity index (χ0v) is 23.7. The van der Waals surface area contributed by atoms with Crippen LogP contribution in [0.15, 0.2) is 140 Å². The van der Waals surface area contributed by atoms with E-state index in [-0.39, 0.29) is 0 Å². The van der Waals surface area contributed by atoms with E-state index in [1.807, 2.05) is 24.5 Å². The molecular weight excluding hydrogens is 512 g/mol. The predicted molar refractivity (Wildman–Crippen MR) is 178 cm³/mol. The lowest BCUT2D eigenvalue weighted by molar-refractivity contribution is 0.976. The summed E-state index contributed by atoms with van der Waals surface area (Å²) in [4.78, 5) is 4.38. The van der Waals surface area contributed by atoms with Crippen LogP contribution < -0.4 is 16.4 Å². The van der Waals surface area contributed by atoms with E-state index in [1.54, 1.807) is 6.20 Å². The molecule has 0 saturated heterocycles. The Morgan fingerprint density at radius 1 is 0.690 bits per heavy atom. The Morgan fingerprint density at radius 2 is 1.24 bits per heavy atom. The summed E-state index contributed by atoms with van der Waals surface area (Å²) in [7, 11) is 0. The highest BCUT2D eigenvalue weighted by molar-refractivity contribution is 5.86. The standard InChI is InChI=1S/C38H34N4/c1-27(7-3-13-39)33-18-34(20-36(19-33)30-10-4-14-40-24-30)28-8-2-9-29(17-28)35-21-37(31-11-5-15-41-25-31)23-38(22-35)32-12-6-16-42-26-32/h2-13,15,17-26,40,42H,14,16,39H2,1H3/b13-3-,27-7+. The fourth-order valence-electron chi connectivity index (χ4n) is 5.33. The fraction of sp³-hybridized carbons (Fsp3) is 0.0789. The number of benzene rings is 3. The molecule has 3 aromatic carbocycles. The number of pyridine rings is 1. The van der Waals surface area contributed by atoms with E-state index in [2.05, 4.69) is 132 Å². The molecule has 6 rings (SSSR count). The van der Waals surface area contributed by atoms with Gasteiger partial charge in [-0.25, -0.2) is 0 Å². The van der Waals surface area contributed by atoms with Crippen LogP contribution in [0.2, 0.25) is 0 Å². The summed E-state index contributed by atoms with van der Waals surface area (Å²) in [5.41, 5.74) is 19.5. The Bertz CT molecular complexity index is 1790. The van der Waals surface area contributed by atoms with Gasteiger partial charge in [0.15, 0.2) is 0 Å². The first-order chi connectivity index (χ1) is 20.7. The largest absolute Gasteiger partial charge is 0.405 e. The van der Waals surface area contributed by atoms with Gasteiger partial charge < -0.3 is 16.4 Å². The van der Waals surface area contributed by atoms with Crippen LogP contribution in [0.5, 0.6) is 0 Å². The third-order valence-corrected chi connectivity index (χ3v) is 7.55. The molecule has 206 valence electrons. The van der Waals surface area contributed by atoms with Gasteiger partial charge in [0.2, 0.25) is 0 Å². The molecule has 3 heterocycles. The van der Waals surface area contributed by atoms with Gasteiger partial charge in [0, 0.05) is 43.4 Å². The number of rotatable bonds is 7. The lowest BCUT2D eigenvalue weighted by atomic mass is 9.90. The van der Waals surface area contributed by atoms with E-state index >= 15 is 0 Å². The molecule has 0 saturated carbocycles. The van der Waals surface area contributed by atoms with Gasteiger partial charge in [-0.15, -0.1) is 0 Å². The van der Waals surface area contributed by atoms with E-state index < -0.39 is 0 Å². The summed E-state index contributed by atoms with van der Waals surface area (Å²) >= 11 is 0. The molecule has 0 unspecified atom stereocenters. The minimum atomic E-state index is 0.848. The predicted octanol–water partition coefficient (Wildman–Crippen LogP) is 7.96. The van der Waals surface area contributed by atoms with Crippen LogP contribution in [0, 0.1) is 0 Å². The maximum atomic E-state index is 5.63. The van der Waals surface area contributed by atoms with Crippen molar-refractivity contribution in [2.24, 2.45) is 5.73 Å². The first-order valence-corrected chi connectivity index (χ1v) is 14.3. The van der Waals surface area contributed by atoms with Crippen molar-refractivity contribution in [3.63, 3.8) is 0 Å². The molecule has 4 nitrogen and oxygen atoms in total. The number of hydrogen-bond acceptors (Lipinski definition) is 4. The van der Waals surface area contributed by atoms with E-state index in [9.17, 15) is 0 Å². The van der Waals surface area contributed by atoms with Crippen LogP contribution in [-0.2, 0) is 0 Å². The highest BCUT2D eigenvalue weighted by Crippen LogP contribution is 2.35. The van der Waals surface area contributed by atoms with Gasteiger partial charge in [0.25, 0.3) is 0 Å². The number of hydrogen-bond donors (Lipinski definition) is 3. The summed E-state index contributed by atoms with van der Waals surface area (Å²) in [6.45, 7) is 3.82. The number of nitrogens with one attached hydrogen (secondary N) is 2. The first kappa shape index (κ1) is 26.9. The van der Waals surface area contributed by atoms with Crippen LogP contribution in [0.1, 0.15) is 23.6 Å². The zero-order valence-electron chi connectivity index (χ0n) is 23.7. The Kier molecular flexibility index (Phi) is 7.96. The third kappa shape index (κ3) is 6.03. The van der Waals surface area contributed by atoms with Crippen molar-refractivity contribution in [1.29, 1.82) is 0 Å². The van der Waals surface area contributed by atoms with Crippen molar-refractivity contribution in [2.75, 3.05) is 13.1 Å². The van der Waals surface area contributed by atoms with Crippen molar-refractivity contribution in [3.05, 3.63) is 157 Å². The van der Waals surface area contributed by atoms with Crippen LogP contribution in [0.25, 0.3) is 50.1 Å². The molecule has 2 aliphatic rings. The molecule has 2 aliphatic heterocycles. The number of aromatic nitrogens is 1. The highest BCUT2D eigenvalue weighted by Gasteiger charge is 2.12. The van der Waals surface area contributed by atoms with Crippen molar-refractivity contribution in [1.82, 2.24) is 15.6 Å². The Hall–Kier alpha value is -5.35. The second-order valence-electron chi connectivity index (χ2n) is 10.5. The smallest absolute Gasteiger partial charge is 0.0346 e. The van der Waals surface area contributed by atoms with Crippen LogP contribution >= 0.6 is 0 Å². The average Bonchev–Trinajstić information content (AvgIpc) is 3.08. The topological polar surface area (TPSA) is 63.0 Å². The second-order valence-corrected chi connectivity index (χ2v) is 10.5. The van der Waals surface area contributed by atoms with Crippen molar-refractivity contribution in [3.8, 4) is 33.4 Å². The zero-order chi connectivity index (χ0) is 28.7. The lowest BCUT2D eigenvalue weighted by Gasteiger charge is -2.16. The Balaban J connectivity index is 1.47. The van der Waals surface area contributed by atoms with Crippen LogP contribution in [0.4, 0.5) is 0 Å². The van der Waals surface area contributed by atoms with Crippen molar-refractivity contribution < 1.29 is 0 Å². The molecule has 0 fully saturated rings. The minimum absolute atomic E-state index is 0.848. The van der Waals surface area contributed by atoms with Gasteiger partial charge in [-0.05, 0) is 129 Å². The van der Waals surface area contributed by atoms with Crippen LogP contribution in [0.3, 0.4) is 0 Å². The van der Waals surface area contributed by atoms with E-state index in [4.69, 9.17) is 5.73 Å². The molecule has 0 spiro atoms. The van der Waals surface area contributed by atoms with Gasteiger partial charge in [0.1, 0.15) is 0 Å². The minimum Gasteiger partial charge on any atom is -0.405 e. The summed E-state index contributed by atoms with van der Waals surface area (Å²) < 4.78 is 0. The summed E-state index contributed by atoms with van der Waals surface area (Å²) in [6, 6.07) is 26.5. The van der Waals surface area contributed by atoms with Gasteiger partial charge >= 0.3 is 0 Å².